The predicted octanol–water partition coefficient (Wildman–Crippen LogP) is 3.66. The number of esters is 1. The molecule has 2 amide bonds. The van der Waals surface area contributed by atoms with E-state index in [1.165, 1.54) is 18.4 Å². The van der Waals surface area contributed by atoms with Crippen LogP contribution in [0.4, 0.5) is 0 Å². The van der Waals surface area contributed by atoms with Crippen molar-refractivity contribution in [2.45, 2.75) is 31.7 Å². The molecule has 3 rings (SSSR count). The summed E-state index contributed by atoms with van der Waals surface area (Å²) >= 11 is 7.30. The number of halogens is 1. The average Bonchev–Trinajstić information content (AvgIpc) is 3.08. The fourth-order valence-electron chi connectivity index (χ4n) is 3.35. The number of hydrogen-bond acceptors (Lipinski definition) is 5. The quantitative estimate of drug-likeness (QED) is 0.543. The van der Waals surface area contributed by atoms with Crippen molar-refractivity contribution in [2.24, 2.45) is 5.92 Å². The summed E-state index contributed by atoms with van der Waals surface area (Å²) in [6, 6.07) is 12.3. The lowest BCUT2D eigenvalue weighted by Crippen LogP contribution is -2.67. The average molecular weight is 406 g/mol. The number of likely N-dealkylation sites (tertiary alicyclic amines) is 1. The summed E-state index contributed by atoms with van der Waals surface area (Å²) < 4.78 is 5.46. The SMILES string of the molecule is COC(=O)[C@@H]1[C@@H](Cc2ccc(Cl)s2)C(=O)N1C(=O)C[C@H](C)c1ccccc1. The lowest BCUT2D eigenvalue weighted by Gasteiger charge is -2.43. The van der Waals surface area contributed by atoms with Crippen molar-refractivity contribution in [1.29, 1.82) is 0 Å². The smallest absolute Gasteiger partial charge is 0.329 e. The Balaban J connectivity index is 1.72. The first-order valence-electron chi connectivity index (χ1n) is 8.65. The number of imide groups is 1. The van der Waals surface area contributed by atoms with E-state index in [1.807, 2.05) is 43.3 Å². The third kappa shape index (κ3) is 4.06. The van der Waals surface area contributed by atoms with Crippen LogP contribution in [0.2, 0.25) is 4.34 Å². The number of thiophene rings is 1. The highest BCUT2D eigenvalue weighted by Gasteiger charge is 2.54. The van der Waals surface area contributed by atoms with Gasteiger partial charge in [0.05, 0.1) is 17.4 Å². The number of rotatable bonds is 6. The molecule has 1 aliphatic rings. The van der Waals surface area contributed by atoms with E-state index in [4.69, 9.17) is 16.3 Å². The van der Waals surface area contributed by atoms with Crippen LogP contribution in [0.25, 0.3) is 0 Å². The first-order valence-corrected chi connectivity index (χ1v) is 9.84. The molecule has 0 unspecified atom stereocenters. The first kappa shape index (κ1) is 19.6. The molecular weight excluding hydrogens is 386 g/mol. The summed E-state index contributed by atoms with van der Waals surface area (Å²) in [5.41, 5.74) is 1.01. The molecule has 0 aliphatic carbocycles. The molecule has 142 valence electrons. The van der Waals surface area contributed by atoms with E-state index in [2.05, 4.69) is 0 Å². The summed E-state index contributed by atoms with van der Waals surface area (Å²) in [6.45, 7) is 1.93. The molecule has 0 N–H and O–H groups in total. The number of hydrogen-bond donors (Lipinski definition) is 0. The van der Waals surface area contributed by atoms with Crippen molar-refractivity contribution in [3.8, 4) is 0 Å². The number of ether oxygens (including phenoxy) is 1. The van der Waals surface area contributed by atoms with E-state index >= 15 is 0 Å². The summed E-state index contributed by atoms with van der Waals surface area (Å²) in [7, 11) is 1.26. The second kappa shape index (κ2) is 8.23. The minimum absolute atomic E-state index is 0.0556. The van der Waals surface area contributed by atoms with Crippen molar-refractivity contribution in [3.63, 3.8) is 0 Å². The standard InChI is InChI=1S/C20H20ClNO4S/c1-12(13-6-4-3-5-7-13)10-17(23)22-18(20(25)26-2)15(19(22)24)11-14-8-9-16(21)27-14/h3-9,12,15,18H,10-11H2,1-2H3/t12-,15+,18-/m0/s1. The molecule has 0 saturated carbocycles. The monoisotopic (exact) mass is 405 g/mol. The summed E-state index contributed by atoms with van der Waals surface area (Å²) in [5, 5.41) is 0. The molecular formula is C20H20ClNO4S. The molecule has 5 nitrogen and oxygen atoms in total. The van der Waals surface area contributed by atoms with Crippen LogP contribution in [0, 0.1) is 5.92 Å². The van der Waals surface area contributed by atoms with Gasteiger partial charge in [0.15, 0.2) is 0 Å². The fraction of sp³-hybridized carbons (Fsp3) is 0.350. The fourth-order valence-corrected chi connectivity index (χ4v) is 4.50. The predicted molar refractivity (Wildman–Crippen MR) is 104 cm³/mol. The molecule has 1 aromatic carbocycles. The number of carbonyl (C=O) groups is 3. The Morgan fingerprint density at radius 2 is 1.93 bits per heavy atom. The maximum Gasteiger partial charge on any atom is 0.329 e. The number of nitrogens with zero attached hydrogens (tertiary/aromatic N) is 1. The highest BCUT2D eigenvalue weighted by atomic mass is 35.5. The zero-order chi connectivity index (χ0) is 19.6. The van der Waals surface area contributed by atoms with Crippen molar-refractivity contribution in [1.82, 2.24) is 4.90 Å². The van der Waals surface area contributed by atoms with Crippen molar-refractivity contribution in [2.75, 3.05) is 7.11 Å². The van der Waals surface area contributed by atoms with Gasteiger partial charge in [-0.3, -0.25) is 14.5 Å². The maximum absolute atomic E-state index is 12.7. The lowest BCUT2D eigenvalue weighted by molar-refractivity contribution is -0.178. The molecule has 1 aromatic heterocycles. The topological polar surface area (TPSA) is 63.7 Å². The zero-order valence-electron chi connectivity index (χ0n) is 15.1. The van der Waals surface area contributed by atoms with Crippen LogP contribution >= 0.6 is 22.9 Å². The Kier molecular flexibility index (Phi) is 5.97. The Bertz CT molecular complexity index is 851. The number of benzene rings is 1. The molecule has 7 heteroatoms. The Labute approximate surface area is 166 Å². The van der Waals surface area contributed by atoms with Crippen LogP contribution < -0.4 is 0 Å². The van der Waals surface area contributed by atoms with Gasteiger partial charge in [0.2, 0.25) is 11.8 Å². The van der Waals surface area contributed by atoms with Gasteiger partial charge in [0, 0.05) is 11.3 Å². The second-order valence-electron chi connectivity index (χ2n) is 6.60. The number of methoxy groups -OCH3 is 1. The molecule has 1 fully saturated rings. The number of carbonyl (C=O) groups excluding carboxylic acids is 3. The van der Waals surface area contributed by atoms with Crippen molar-refractivity contribution >= 4 is 40.7 Å². The molecule has 0 radical (unpaired) electrons. The normalized spacial score (nSPS) is 20.1. The molecule has 1 aliphatic heterocycles. The summed E-state index contributed by atoms with van der Waals surface area (Å²) in [4.78, 5) is 39.5. The van der Waals surface area contributed by atoms with Crippen LogP contribution in [-0.4, -0.2) is 35.8 Å². The van der Waals surface area contributed by atoms with E-state index in [0.29, 0.717) is 10.8 Å². The van der Waals surface area contributed by atoms with Crippen LogP contribution in [0.3, 0.4) is 0 Å². The molecule has 1 saturated heterocycles. The van der Waals surface area contributed by atoms with E-state index in [9.17, 15) is 14.4 Å². The van der Waals surface area contributed by atoms with Gasteiger partial charge in [0.1, 0.15) is 6.04 Å². The minimum atomic E-state index is -0.876. The highest BCUT2D eigenvalue weighted by molar-refractivity contribution is 7.16. The van der Waals surface area contributed by atoms with Gasteiger partial charge in [-0.25, -0.2) is 4.79 Å². The molecule has 2 aromatic rings. The number of amides is 2. The minimum Gasteiger partial charge on any atom is -0.467 e. The lowest BCUT2D eigenvalue weighted by atomic mass is 9.83. The van der Waals surface area contributed by atoms with Gasteiger partial charge < -0.3 is 4.74 Å². The Hall–Kier alpha value is -2.18. The van der Waals surface area contributed by atoms with E-state index in [1.54, 1.807) is 6.07 Å². The van der Waals surface area contributed by atoms with Gasteiger partial charge in [-0.05, 0) is 30.0 Å². The molecule has 0 spiro atoms. The second-order valence-corrected chi connectivity index (χ2v) is 8.40. The van der Waals surface area contributed by atoms with Crippen LogP contribution in [0.5, 0.6) is 0 Å². The van der Waals surface area contributed by atoms with Gasteiger partial charge in [0.25, 0.3) is 0 Å². The first-order chi connectivity index (χ1) is 12.9. The van der Waals surface area contributed by atoms with E-state index in [-0.39, 0.29) is 24.2 Å². The molecule has 27 heavy (non-hydrogen) atoms. The van der Waals surface area contributed by atoms with Crippen molar-refractivity contribution in [3.05, 3.63) is 57.2 Å². The Morgan fingerprint density at radius 1 is 1.22 bits per heavy atom. The summed E-state index contributed by atoms with van der Waals surface area (Å²) in [5.74, 6) is -1.90. The van der Waals surface area contributed by atoms with Crippen LogP contribution in [-0.2, 0) is 25.5 Å². The maximum atomic E-state index is 12.7. The van der Waals surface area contributed by atoms with Crippen LogP contribution in [0.1, 0.15) is 29.7 Å². The molecule has 3 atom stereocenters. The van der Waals surface area contributed by atoms with Gasteiger partial charge in [-0.15, -0.1) is 11.3 Å². The third-order valence-corrected chi connectivity index (χ3v) is 6.08. The third-order valence-electron chi connectivity index (χ3n) is 4.82. The Morgan fingerprint density at radius 3 is 2.52 bits per heavy atom. The van der Waals surface area contributed by atoms with Crippen LogP contribution in [0.15, 0.2) is 42.5 Å². The molecule has 0 bridgehead atoms. The largest absolute Gasteiger partial charge is 0.467 e. The van der Waals surface area contributed by atoms with Gasteiger partial charge in [-0.1, -0.05) is 48.9 Å². The number of β-lactam (4-membered cyclic amide) rings is 1. The zero-order valence-corrected chi connectivity index (χ0v) is 16.6. The van der Waals surface area contributed by atoms with E-state index < -0.39 is 17.9 Å². The van der Waals surface area contributed by atoms with E-state index in [0.717, 1.165) is 15.3 Å². The summed E-state index contributed by atoms with van der Waals surface area (Å²) in [6.07, 6.45) is 0.523. The van der Waals surface area contributed by atoms with Crippen molar-refractivity contribution < 1.29 is 19.1 Å². The molecule has 2 heterocycles. The van der Waals surface area contributed by atoms with Gasteiger partial charge >= 0.3 is 5.97 Å². The van der Waals surface area contributed by atoms with Gasteiger partial charge in [-0.2, -0.15) is 0 Å². The highest BCUT2D eigenvalue weighted by Crippen LogP contribution is 2.35.